The van der Waals surface area contributed by atoms with E-state index in [4.69, 9.17) is 9.47 Å². The maximum atomic E-state index is 13.4. The normalized spacial score (nSPS) is 15.8. The van der Waals surface area contributed by atoms with Gasteiger partial charge in [-0.1, -0.05) is 36.4 Å². The summed E-state index contributed by atoms with van der Waals surface area (Å²) >= 11 is 0. The minimum absolute atomic E-state index is 0.283. The highest BCUT2D eigenvalue weighted by Gasteiger charge is 2.28. The summed E-state index contributed by atoms with van der Waals surface area (Å²) in [6.07, 6.45) is 7.04. The summed E-state index contributed by atoms with van der Waals surface area (Å²) in [7, 11) is 1.60. The molecule has 0 radical (unpaired) electrons. The van der Waals surface area contributed by atoms with Gasteiger partial charge in [0.2, 0.25) is 0 Å². The molecule has 1 aliphatic heterocycles. The first-order chi connectivity index (χ1) is 12.6. The lowest BCUT2D eigenvalue weighted by molar-refractivity contribution is 0.159. The Bertz CT molecular complexity index is 860. The summed E-state index contributed by atoms with van der Waals surface area (Å²) < 4.78 is 23.8. The molecule has 134 valence electrons. The molecule has 1 aliphatic rings. The lowest BCUT2D eigenvalue weighted by Crippen LogP contribution is -2.40. The van der Waals surface area contributed by atoms with Gasteiger partial charge >= 0.3 is 6.09 Å². The molecule has 0 aliphatic carbocycles. The number of fused-ring (bicyclic) bond motifs is 1. The van der Waals surface area contributed by atoms with Gasteiger partial charge in [0.05, 0.1) is 25.4 Å². The first kappa shape index (κ1) is 17.7. The van der Waals surface area contributed by atoms with Gasteiger partial charge in [-0.2, -0.15) is 0 Å². The van der Waals surface area contributed by atoms with Gasteiger partial charge in [-0.3, -0.25) is 4.90 Å². The first-order valence-corrected chi connectivity index (χ1v) is 8.38. The minimum atomic E-state index is -0.433. The topological polar surface area (TPSA) is 38.8 Å². The minimum Gasteiger partial charge on any atom is -0.497 e. The predicted octanol–water partition coefficient (Wildman–Crippen LogP) is 4.91. The van der Waals surface area contributed by atoms with Gasteiger partial charge in [0.15, 0.2) is 0 Å². The third-order valence-electron chi connectivity index (χ3n) is 4.06. The Kier molecular flexibility index (Phi) is 5.37. The van der Waals surface area contributed by atoms with Gasteiger partial charge in [0.1, 0.15) is 11.6 Å². The number of hydrogen-bond acceptors (Lipinski definition) is 3. The van der Waals surface area contributed by atoms with Gasteiger partial charge < -0.3 is 9.47 Å². The lowest BCUT2D eigenvalue weighted by atomic mass is 10.0. The summed E-state index contributed by atoms with van der Waals surface area (Å²) in [5.41, 5.74) is 2.33. The zero-order chi connectivity index (χ0) is 18.5. The van der Waals surface area contributed by atoms with Crippen LogP contribution >= 0.6 is 0 Å². The number of rotatable bonds is 4. The molecule has 26 heavy (non-hydrogen) atoms. The molecule has 3 rings (SSSR count). The second kappa shape index (κ2) is 7.87. The van der Waals surface area contributed by atoms with Gasteiger partial charge in [-0.15, -0.1) is 0 Å². The van der Waals surface area contributed by atoms with Crippen LogP contribution in [0.25, 0.3) is 12.2 Å². The number of amides is 1. The van der Waals surface area contributed by atoms with E-state index in [0.717, 1.165) is 16.8 Å². The molecule has 0 fully saturated rings. The molecule has 1 amide bonds. The average Bonchev–Trinajstić information content (AvgIpc) is 2.65. The number of benzene rings is 2. The zero-order valence-corrected chi connectivity index (χ0v) is 14.7. The molecule has 2 aromatic rings. The number of nitrogens with zero attached hydrogens (tertiary/aromatic N) is 1. The molecule has 1 atom stereocenters. The van der Waals surface area contributed by atoms with Crippen molar-refractivity contribution in [3.8, 4) is 5.75 Å². The Hall–Kier alpha value is -3.08. The van der Waals surface area contributed by atoms with Crippen LogP contribution in [0.4, 0.5) is 14.9 Å². The number of ether oxygens (including phenoxy) is 2. The maximum Gasteiger partial charge on any atom is 0.415 e. The van der Waals surface area contributed by atoms with Crippen molar-refractivity contribution in [1.29, 1.82) is 0 Å². The molecule has 0 bridgehead atoms. The molecule has 0 spiro atoms. The second-order valence-corrected chi connectivity index (χ2v) is 5.76. The first-order valence-electron chi connectivity index (χ1n) is 8.38. The summed E-state index contributed by atoms with van der Waals surface area (Å²) in [4.78, 5) is 14.1. The predicted molar refractivity (Wildman–Crippen MR) is 101 cm³/mol. The van der Waals surface area contributed by atoms with Crippen molar-refractivity contribution >= 4 is 23.9 Å². The number of anilines is 1. The lowest BCUT2D eigenvalue weighted by Gasteiger charge is -2.31. The quantitative estimate of drug-likeness (QED) is 0.784. The van der Waals surface area contributed by atoms with Crippen LogP contribution in [-0.4, -0.2) is 25.9 Å². The Balaban J connectivity index is 1.95. The molecule has 2 aromatic carbocycles. The van der Waals surface area contributed by atoms with Crippen molar-refractivity contribution in [3.63, 3.8) is 0 Å². The highest BCUT2D eigenvalue weighted by Crippen LogP contribution is 2.33. The fraction of sp³-hybridized carbons (Fsp3) is 0.190. The van der Waals surface area contributed by atoms with E-state index in [2.05, 4.69) is 0 Å². The van der Waals surface area contributed by atoms with Crippen LogP contribution in [0, 0.1) is 5.82 Å². The maximum absolute atomic E-state index is 13.4. The van der Waals surface area contributed by atoms with E-state index in [1.165, 1.54) is 12.1 Å². The molecule has 1 heterocycles. The van der Waals surface area contributed by atoms with Gasteiger partial charge in [-0.05, 0) is 42.8 Å². The fourth-order valence-electron chi connectivity index (χ4n) is 2.84. The van der Waals surface area contributed by atoms with Crippen LogP contribution in [-0.2, 0) is 4.74 Å². The summed E-state index contributed by atoms with van der Waals surface area (Å²) in [6, 6.07) is 11.5. The fourth-order valence-corrected chi connectivity index (χ4v) is 2.84. The molecule has 0 aromatic heterocycles. The van der Waals surface area contributed by atoms with Crippen LogP contribution in [0.1, 0.15) is 18.1 Å². The van der Waals surface area contributed by atoms with E-state index in [1.807, 2.05) is 30.4 Å². The van der Waals surface area contributed by atoms with E-state index in [-0.39, 0.29) is 18.5 Å². The summed E-state index contributed by atoms with van der Waals surface area (Å²) in [6.45, 7) is 2.05. The standard InChI is InChI=1S/C21H20FNO3/c1-3-26-21(24)23-18(9-7-15-5-4-6-17(22)13-15)10-8-16-14-19(25-2)11-12-20(16)23/h4-14,18H,3H2,1-2H3/b9-7+/t18-/m0/s1. The molecule has 0 N–H and O–H groups in total. The Morgan fingerprint density at radius 3 is 2.85 bits per heavy atom. The van der Waals surface area contributed by atoms with E-state index in [9.17, 15) is 9.18 Å². The SMILES string of the molecule is CCOC(=O)N1c2ccc(OC)cc2C=C[C@@H]1/C=C/c1cccc(F)c1. The molecule has 4 nitrogen and oxygen atoms in total. The van der Waals surface area contributed by atoms with Crippen molar-refractivity contribution in [1.82, 2.24) is 0 Å². The van der Waals surface area contributed by atoms with Crippen molar-refractivity contribution in [2.24, 2.45) is 0 Å². The van der Waals surface area contributed by atoms with Crippen molar-refractivity contribution in [3.05, 3.63) is 71.6 Å². The molecule has 5 heteroatoms. The highest BCUT2D eigenvalue weighted by molar-refractivity contribution is 5.94. The van der Waals surface area contributed by atoms with Gasteiger partial charge in [-0.25, -0.2) is 9.18 Å². The van der Waals surface area contributed by atoms with Crippen LogP contribution < -0.4 is 9.64 Å². The van der Waals surface area contributed by atoms with E-state index in [0.29, 0.717) is 5.75 Å². The van der Waals surface area contributed by atoms with Crippen LogP contribution in [0.2, 0.25) is 0 Å². The van der Waals surface area contributed by atoms with E-state index < -0.39 is 6.09 Å². The number of hydrogen-bond donors (Lipinski definition) is 0. The third kappa shape index (κ3) is 3.77. The van der Waals surface area contributed by atoms with Gasteiger partial charge in [0.25, 0.3) is 0 Å². The second-order valence-electron chi connectivity index (χ2n) is 5.76. The Morgan fingerprint density at radius 1 is 1.27 bits per heavy atom. The molecule has 0 unspecified atom stereocenters. The molecular formula is C21H20FNO3. The van der Waals surface area contributed by atoms with E-state index in [1.54, 1.807) is 43.2 Å². The highest BCUT2D eigenvalue weighted by atomic mass is 19.1. The molecule has 0 saturated heterocycles. The van der Waals surface area contributed by atoms with Crippen LogP contribution in [0.15, 0.2) is 54.6 Å². The van der Waals surface area contributed by atoms with Crippen molar-refractivity contribution < 1.29 is 18.7 Å². The van der Waals surface area contributed by atoms with Crippen LogP contribution in [0.3, 0.4) is 0 Å². The molecular weight excluding hydrogens is 333 g/mol. The number of methoxy groups -OCH3 is 1. The molecule has 0 saturated carbocycles. The third-order valence-corrected chi connectivity index (χ3v) is 4.06. The number of halogens is 1. The smallest absolute Gasteiger partial charge is 0.415 e. The summed E-state index contributed by atoms with van der Waals surface area (Å²) in [5.74, 6) is 0.414. The largest absolute Gasteiger partial charge is 0.497 e. The van der Waals surface area contributed by atoms with Crippen LogP contribution in [0.5, 0.6) is 5.75 Å². The number of carbonyl (C=O) groups excluding carboxylic acids is 1. The van der Waals surface area contributed by atoms with Crippen molar-refractivity contribution in [2.45, 2.75) is 13.0 Å². The van der Waals surface area contributed by atoms with Crippen molar-refractivity contribution in [2.75, 3.05) is 18.6 Å². The van der Waals surface area contributed by atoms with Gasteiger partial charge in [0, 0.05) is 5.56 Å². The monoisotopic (exact) mass is 353 g/mol. The Labute approximate surface area is 152 Å². The Morgan fingerprint density at radius 2 is 2.12 bits per heavy atom. The van der Waals surface area contributed by atoms with E-state index >= 15 is 0 Å². The average molecular weight is 353 g/mol. The zero-order valence-electron chi connectivity index (χ0n) is 14.7. The number of carbonyl (C=O) groups is 1. The summed E-state index contributed by atoms with van der Waals surface area (Å²) in [5, 5.41) is 0.